The molecule has 0 radical (unpaired) electrons. The van der Waals surface area contributed by atoms with Gasteiger partial charge in [-0.3, -0.25) is 9.69 Å². The van der Waals surface area contributed by atoms with Gasteiger partial charge in [-0.15, -0.1) is 0 Å². The van der Waals surface area contributed by atoms with E-state index in [0.717, 1.165) is 32.5 Å². The van der Waals surface area contributed by atoms with Gasteiger partial charge >= 0.3 is 5.97 Å². The van der Waals surface area contributed by atoms with E-state index in [1.807, 2.05) is 0 Å². The summed E-state index contributed by atoms with van der Waals surface area (Å²) in [6, 6.07) is 8.59. The van der Waals surface area contributed by atoms with Crippen molar-refractivity contribution in [1.82, 2.24) is 9.80 Å². The van der Waals surface area contributed by atoms with Gasteiger partial charge in [-0.1, -0.05) is 36.0 Å². The summed E-state index contributed by atoms with van der Waals surface area (Å²) < 4.78 is 4.65. The van der Waals surface area contributed by atoms with Gasteiger partial charge in [-0.05, 0) is 24.0 Å². The Morgan fingerprint density at radius 3 is 2.88 bits per heavy atom. The Morgan fingerprint density at radius 1 is 1.29 bits per heavy atom. The highest BCUT2D eigenvalue weighted by molar-refractivity contribution is 8.04. The van der Waals surface area contributed by atoms with E-state index in [0.29, 0.717) is 17.3 Å². The van der Waals surface area contributed by atoms with Gasteiger partial charge in [0.1, 0.15) is 0 Å². The first-order valence-electron chi connectivity index (χ1n) is 8.19. The molecule has 2 heterocycles. The predicted octanol–water partition coefficient (Wildman–Crippen LogP) is 2.02. The molecule has 1 fully saturated rings. The third-order valence-corrected chi connectivity index (χ3v) is 5.44. The number of carbonyl (C=O) groups excluding carboxylic acids is 2. The van der Waals surface area contributed by atoms with Crippen molar-refractivity contribution < 1.29 is 14.3 Å². The Bertz CT molecular complexity index is 659. The summed E-state index contributed by atoms with van der Waals surface area (Å²) >= 11 is 1.40. The van der Waals surface area contributed by atoms with Crippen LogP contribution in [0.4, 0.5) is 0 Å². The summed E-state index contributed by atoms with van der Waals surface area (Å²) in [6.07, 6.45) is 3.39. The third kappa shape index (κ3) is 3.99. The molecule has 3 rings (SSSR count). The van der Waals surface area contributed by atoms with Gasteiger partial charge in [0.25, 0.3) is 0 Å². The smallest absolute Gasteiger partial charge is 0.333 e. The lowest BCUT2D eigenvalue weighted by Gasteiger charge is -2.29. The molecule has 0 saturated carbocycles. The average molecular weight is 346 g/mol. The van der Waals surface area contributed by atoms with Crippen molar-refractivity contribution in [2.24, 2.45) is 0 Å². The number of rotatable bonds is 5. The van der Waals surface area contributed by atoms with Crippen LogP contribution in [0.2, 0.25) is 0 Å². The van der Waals surface area contributed by atoms with Crippen molar-refractivity contribution in [3.63, 3.8) is 0 Å². The lowest BCUT2D eigenvalue weighted by molar-refractivity contribution is -0.134. The number of ether oxygens (including phenoxy) is 1. The van der Waals surface area contributed by atoms with Crippen molar-refractivity contribution in [3.05, 3.63) is 46.5 Å². The number of hydrogen-bond donors (Lipinski definition) is 0. The van der Waals surface area contributed by atoms with Gasteiger partial charge in [0.05, 0.1) is 24.0 Å². The quantitative estimate of drug-likeness (QED) is 0.603. The van der Waals surface area contributed by atoms with E-state index in [2.05, 4.69) is 33.9 Å². The predicted molar refractivity (Wildman–Crippen MR) is 94.3 cm³/mol. The fourth-order valence-corrected chi connectivity index (χ4v) is 4.08. The van der Waals surface area contributed by atoms with E-state index in [1.165, 1.54) is 36.1 Å². The van der Waals surface area contributed by atoms with Crippen LogP contribution in [0.25, 0.3) is 0 Å². The van der Waals surface area contributed by atoms with E-state index in [9.17, 15) is 9.59 Å². The van der Waals surface area contributed by atoms with E-state index in [1.54, 1.807) is 4.90 Å². The van der Waals surface area contributed by atoms with Gasteiger partial charge in [0.15, 0.2) is 0 Å². The van der Waals surface area contributed by atoms with Gasteiger partial charge in [0.2, 0.25) is 5.91 Å². The maximum absolute atomic E-state index is 12.0. The second kappa shape index (κ2) is 7.85. The number of benzene rings is 1. The first kappa shape index (κ1) is 17.0. The van der Waals surface area contributed by atoms with Gasteiger partial charge < -0.3 is 9.64 Å². The van der Waals surface area contributed by atoms with Crippen LogP contribution in [0.3, 0.4) is 0 Å². The van der Waals surface area contributed by atoms with Crippen LogP contribution in [0, 0.1) is 0 Å². The summed E-state index contributed by atoms with van der Waals surface area (Å²) in [6.45, 7) is 3.63. The summed E-state index contributed by atoms with van der Waals surface area (Å²) in [5.74, 6) is 0.0592. The number of hydrogen-bond acceptors (Lipinski definition) is 5. The lowest BCUT2D eigenvalue weighted by Crippen LogP contribution is -2.34. The van der Waals surface area contributed by atoms with Crippen molar-refractivity contribution in [2.45, 2.75) is 19.4 Å². The van der Waals surface area contributed by atoms with Crippen LogP contribution in [0.5, 0.6) is 0 Å². The monoisotopic (exact) mass is 346 g/mol. The molecule has 24 heavy (non-hydrogen) atoms. The highest BCUT2D eigenvalue weighted by Gasteiger charge is 2.27. The van der Waals surface area contributed by atoms with Gasteiger partial charge in [0, 0.05) is 26.2 Å². The molecule has 1 amide bonds. The molecule has 0 unspecified atom stereocenters. The Morgan fingerprint density at radius 2 is 2.08 bits per heavy atom. The number of amides is 1. The molecule has 0 N–H and O–H groups in total. The van der Waals surface area contributed by atoms with E-state index in [-0.39, 0.29) is 5.91 Å². The molecule has 128 valence electrons. The average Bonchev–Trinajstić information content (AvgIpc) is 2.95. The number of carbonyl (C=O) groups is 2. The van der Waals surface area contributed by atoms with Crippen molar-refractivity contribution in [2.75, 3.05) is 32.5 Å². The Balaban J connectivity index is 1.52. The molecule has 6 heteroatoms. The minimum Gasteiger partial charge on any atom is -0.466 e. The van der Waals surface area contributed by atoms with Gasteiger partial charge in [-0.25, -0.2) is 4.79 Å². The zero-order valence-corrected chi connectivity index (χ0v) is 14.7. The fraction of sp³-hybridized carbons (Fsp3) is 0.444. The van der Waals surface area contributed by atoms with Crippen LogP contribution < -0.4 is 0 Å². The number of fused-ring (bicyclic) bond motifs is 1. The fourth-order valence-electron chi connectivity index (χ4n) is 3.13. The SMILES string of the molecule is COC(=O)C=C1SCC(=O)N1CCCN1CCc2ccccc2C1. The number of methoxy groups -OCH3 is 1. The highest BCUT2D eigenvalue weighted by atomic mass is 32.2. The minimum absolute atomic E-state index is 0.0687. The topological polar surface area (TPSA) is 49.9 Å². The second-order valence-corrected chi connectivity index (χ2v) is 6.98. The zero-order valence-electron chi connectivity index (χ0n) is 13.9. The van der Waals surface area contributed by atoms with E-state index < -0.39 is 5.97 Å². The summed E-state index contributed by atoms with van der Waals surface area (Å²) in [5.41, 5.74) is 2.85. The van der Waals surface area contributed by atoms with Crippen LogP contribution in [-0.4, -0.2) is 54.2 Å². The minimum atomic E-state index is -0.412. The molecule has 1 aromatic carbocycles. The van der Waals surface area contributed by atoms with Crippen LogP contribution in [0.1, 0.15) is 17.5 Å². The van der Waals surface area contributed by atoms with E-state index in [4.69, 9.17) is 0 Å². The highest BCUT2D eigenvalue weighted by Crippen LogP contribution is 2.29. The molecule has 1 aromatic rings. The number of nitrogens with zero attached hydrogens (tertiary/aromatic N) is 2. The molecule has 0 spiro atoms. The second-order valence-electron chi connectivity index (χ2n) is 5.99. The Kier molecular flexibility index (Phi) is 5.58. The van der Waals surface area contributed by atoms with Crippen LogP contribution >= 0.6 is 11.8 Å². The zero-order chi connectivity index (χ0) is 16.9. The van der Waals surface area contributed by atoms with Gasteiger partial charge in [-0.2, -0.15) is 0 Å². The molecular weight excluding hydrogens is 324 g/mol. The molecule has 0 atom stereocenters. The largest absolute Gasteiger partial charge is 0.466 e. The summed E-state index contributed by atoms with van der Waals surface area (Å²) in [5, 5.41) is 0.704. The molecule has 0 aromatic heterocycles. The van der Waals surface area contributed by atoms with Crippen molar-refractivity contribution in [1.29, 1.82) is 0 Å². The third-order valence-electron chi connectivity index (χ3n) is 4.42. The Hall–Kier alpha value is -1.79. The lowest BCUT2D eigenvalue weighted by atomic mass is 10.00. The normalized spacial score (nSPS) is 19.6. The standard InChI is InChI=1S/C18H22N2O3S/c1-23-18(22)11-17-20(16(21)13-24-17)9-4-8-19-10-7-14-5-2-3-6-15(14)12-19/h2-3,5-6,11H,4,7-10,12-13H2,1H3. The van der Waals surface area contributed by atoms with Crippen molar-refractivity contribution >= 4 is 23.6 Å². The summed E-state index contributed by atoms with van der Waals surface area (Å²) in [7, 11) is 1.35. The summed E-state index contributed by atoms with van der Waals surface area (Å²) in [4.78, 5) is 27.5. The molecule has 2 aliphatic heterocycles. The maximum Gasteiger partial charge on any atom is 0.333 e. The molecule has 5 nitrogen and oxygen atoms in total. The molecule has 0 bridgehead atoms. The Labute approximate surface area is 146 Å². The van der Waals surface area contributed by atoms with E-state index >= 15 is 0 Å². The van der Waals surface area contributed by atoms with Crippen molar-refractivity contribution in [3.8, 4) is 0 Å². The molecule has 1 saturated heterocycles. The molecule has 2 aliphatic rings. The first-order chi connectivity index (χ1) is 11.7. The van der Waals surface area contributed by atoms with Crippen LogP contribution in [-0.2, 0) is 27.3 Å². The maximum atomic E-state index is 12.0. The number of thioether (sulfide) groups is 1. The van der Waals surface area contributed by atoms with Crippen LogP contribution in [0.15, 0.2) is 35.4 Å². The first-order valence-corrected chi connectivity index (χ1v) is 9.18. The molecule has 0 aliphatic carbocycles. The number of esters is 1. The molecular formula is C18H22N2O3S.